The summed E-state index contributed by atoms with van der Waals surface area (Å²) in [5.41, 5.74) is 0. The maximum absolute atomic E-state index is 8.58. The molecule has 82 valence electrons. The summed E-state index contributed by atoms with van der Waals surface area (Å²) >= 11 is -12.2. The third-order valence-electron chi connectivity index (χ3n) is 0. The van der Waals surface area contributed by atoms with E-state index >= 15 is 0 Å². The first-order valence-electron chi connectivity index (χ1n) is 1.84. The van der Waals surface area contributed by atoms with Crippen LogP contribution < -0.4 is 24.8 Å². The van der Waals surface area contributed by atoms with E-state index in [-0.39, 0.29) is 34.1 Å². The number of hydrogen-bond acceptors (Lipinski definition) is 9. The van der Waals surface area contributed by atoms with Gasteiger partial charge in [-0.1, -0.05) is 0 Å². The normalized spacial score (nSPS) is 5.14. The van der Waals surface area contributed by atoms with Gasteiger partial charge in [-0.2, -0.15) is 0 Å². The molecule has 2 radical (unpaired) electrons. The Morgan fingerprint density at radius 1 is 0.500 bits per heavy atom. The van der Waals surface area contributed by atoms with Gasteiger partial charge in [0.2, 0.25) is 0 Å². The van der Waals surface area contributed by atoms with Crippen LogP contribution in [0.25, 0.3) is 0 Å². The Bertz CT molecular complexity index is 116. The van der Waals surface area contributed by atoms with Crippen molar-refractivity contribution in [1.82, 2.24) is 0 Å². The Labute approximate surface area is 114 Å². The minimum atomic E-state index is -4.08. The Kier molecular flexibility index (Phi) is 49.5. The first kappa shape index (κ1) is 29.4. The first-order valence-corrected chi connectivity index (χ1v) is 9.55. The molecule has 0 atom stereocenters. The monoisotopic (exact) mass is 478 g/mol. The summed E-state index contributed by atoms with van der Waals surface area (Å²) in [6.45, 7) is 0. The third kappa shape index (κ3) is 2410. The summed E-state index contributed by atoms with van der Waals surface area (Å²) in [5.74, 6) is 0. The minimum absolute atomic E-state index is 0. The van der Waals surface area contributed by atoms with Crippen LogP contribution in [0.4, 0.5) is 0 Å². The van der Waals surface area contributed by atoms with Crippen LogP contribution in [-0.2, 0) is 45.5 Å². The molecule has 0 aliphatic heterocycles. The van der Waals surface area contributed by atoms with Gasteiger partial charge in [0.25, 0.3) is 0 Å². The molecule has 0 unspecified atom stereocenters. The summed E-state index contributed by atoms with van der Waals surface area (Å²) in [7, 11) is 0. The van der Waals surface area contributed by atoms with Crippen molar-refractivity contribution in [1.29, 1.82) is 0 Å². The zero-order valence-corrected chi connectivity index (χ0v) is 14.4. The van der Waals surface area contributed by atoms with Gasteiger partial charge in [0, 0.05) is 0 Å². The molecule has 0 aromatic heterocycles. The van der Waals surface area contributed by atoms with Crippen molar-refractivity contribution < 1.29 is 70.3 Å². The van der Waals surface area contributed by atoms with Gasteiger partial charge in [-0.05, 0) is 0 Å². The Morgan fingerprint density at radius 3 is 0.500 bits per heavy atom. The zero-order valence-electron chi connectivity index (χ0n) is 5.88. The summed E-state index contributed by atoms with van der Waals surface area (Å²) in [5, 5.41) is 0. The van der Waals surface area contributed by atoms with E-state index in [1.165, 1.54) is 0 Å². The van der Waals surface area contributed by atoms with E-state index in [0.717, 1.165) is 0 Å². The molecule has 14 heavy (non-hydrogen) atoms. The molecule has 0 rings (SSSR count). The standard InChI is InChI=1S/2Fe.3GeO3/c;;3*2-1(3)4/q2*+3;3*-2. The van der Waals surface area contributed by atoms with Crippen molar-refractivity contribution in [3.8, 4) is 0 Å². The van der Waals surface area contributed by atoms with E-state index in [2.05, 4.69) is 0 Å². The van der Waals surface area contributed by atoms with E-state index in [0.29, 0.717) is 0 Å². The van der Waals surface area contributed by atoms with Crippen LogP contribution in [0.5, 0.6) is 0 Å². The van der Waals surface area contributed by atoms with Crippen LogP contribution >= 0.6 is 0 Å². The van der Waals surface area contributed by atoms with Gasteiger partial charge < -0.3 is 0 Å². The van der Waals surface area contributed by atoms with Gasteiger partial charge in [0.1, 0.15) is 0 Å². The van der Waals surface area contributed by atoms with E-state index in [9.17, 15) is 0 Å². The molecule has 0 aromatic rings. The third-order valence-corrected chi connectivity index (χ3v) is 0. The second kappa shape index (κ2) is 23.6. The van der Waals surface area contributed by atoms with Crippen molar-refractivity contribution in [3.05, 3.63) is 0 Å². The summed E-state index contributed by atoms with van der Waals surface area (Å²) < 4.78 is 77.2. The molecule has 0 fully saturated rings. The van der Waals surface area contributed by atoms with Gasteiger partial charge in [-0.3, -0.25) is 0 Å². The molecule has 0 heterocycles. The number of rotatable bonds is 0. The summed E-state index contributed by atoms with van der Waals surface area (Å²) in [4.78, 5) is 0. The molecular formula is Fe2Ge3O9. The fraction of sp³-hybridized carbons (Fsp3) is 0. The Balaban J connectivity index is -0.0000000270. The number of hydrogen-bond donors (Lipinski definition) is 0. The van der Waals surface area contributed by atoms with Crippen LogP contribution in [-0.4, -0.2) is 44.9 Å². The van der Waals surface area contributed by atoms with Crippen molar-refractivity contribution in [2.24, 2.45) is 0 Å². The van der Waals surface area contributed by atoms with Crippen LogP contribution in [0.15, 0.2) is 0 Å². The average molecular weight is 474 g/mol. The SMILES string of the molecule is [Fe+3].[Fe+3].[O]=[Ge]([O-])[O-].[O]=[Ge]([O-])[O-].[O]=[Ge]([O-])[O-]. The molecule has 0 aliphatic rings. The van der Waals surface area contributed by atoms with Gasteiger partial charge in [0.05, 0.1) is 0 Å². The molecule has 0 saturated carbocycles. The summed E-state index contributed by atoms with van der Waals surface area (Å²) in [6, 6.07) is 0. The topological polar surface area (TPSA) is 190 Å². The molecular weight excluding hydrogens is 474 g/mol. The second-order valence-electron chi connectivity index (χ2n) is 0.750. The second-order valence-corrected chi connectivity index (χ2v) is 3.90. The van der Waals surface area contributed by atoms with Crippen LogP contribution in [0.3, 0.4) is 0 Å². The van der Waals surface area contributed by atoms with E-state index in [1.807, 2.05) is 0 Å². The molecule has 9 nitrogen and oxygen atoms in total. The van der Waals surface area contributed by atoms with Crippen molar-refractivity contribution in [2.45, 2.75) is 0 Å². The molecule has 14 heteroatoms. The molecule has 0 aromatic carbocycles. The van der Waals surface area contributed by atoms with Gasteiger partial charge in [0.15, 0.2) is 0 Å². The first-order chi connectivity index (χ1) is 5.20. The molecule has 0 aliphatic carbocycles. The van der Waals surface area contributed by atoms with E-state index < -0.39 is 44.9 Å². The van der Waals surface area contributed by atoms with Gasteiger partial charge in [-0.25, -0.2) is 0 Å². The predicted octanol–water partition coefficient (Wildman–Crippen LogP) is -8.64. The molecule has 0 bridgehead atoms. The van der Waals surface area contributed by atoms with Crippen molar-refractivity contribution >= 4 is 44.9 Å². The van der Waals surface area contributed by atoms with Crippen LogP contribution in [0.1, 0.15) is 0 Å². The molecule has 0 saturated heterocycles. The van der Waals surface area contributed by atoms with Crippen LogP contribution in [0.2, 0.25) is 0 Å². The zero-order chi connectivity index (χ0) is 10.7. The predicted molar refractivity (Wildman–Crippen MR) is 19.3 cm³/mol. The fourth-order valence-electron chi connectivity index (χ4n) is 0. The quantitative estimate of drug-likeness (QED) is 0.307. The summed E-state index contributed by atoms with van der Waals surface area (Å²) in [6.07, 6.45) is 0. The van der Waals surface area contributed by atoms with Crippen molar-refractivity contribution in [3.63, 3.8) is 0 Å². The maximum atomic E-state index is 8.58. The average Bonchev–Trinajstić information content (AvgIpc) is 1.54. The van der Waals surface area contributed by atoms with Crippen molar-refractivity contribution in [2.75, 3.05) is 0 Å². The van der Waals surface area contributed by atoms with Gasteiger partial charge >= 0.3 is 115 Å². The fourth-order valence-corrected chi connectivity index (χ4v) is 0. The Morgan fingerprint density at radius 2 is 0.500 bits per heavy atom. The van der Waals surface area contributed by atoms with E-state index in [1.54, 1.807) is 0 Å². The Hall–Kier alpha value is 0.868. The molecule has 0 spiro atoms. The molecule has 0 N–H and O–H groups in total. The van der Waals surface area contributed by atoms with Crippen LogP contribution in [0, 0.1) is 0 Å². The van der Waals surface area contributed by atoms with E-state index in [4.69, 9.17) is 36.1 Å². The van der Waals surface area contributed by atoms with Gasteiger partial charge in [-0.15, -0.1) is 0 Å². The molecule has 0 amide bonds.